The van der Waals surface area contributed by atoms with Gasteiger partial charge in [0, 0.05) is 25.1 Å². The van der Waals surface area contributed by atoms with Crippen LogP contribution in [0.15, 0.2) is 28.8 Å². The fraction of sp³-hybridized carbons (Fsp3) is 0.560. The number of urea groups is 1. The molecule has 0 unspecified atom stereocenters. The quantitative estimate of drug-likeness (QED) is 0.437. The van der Waals surface area contributed by atoms with Gasteiger partial charge in [-0.2, -0.15) is 0 Å². The second kappa shape index (κ2) is 9.45. The van der Waals surface area contributed by atoms with Gasteiger partial charge in [-0.1, -0.05) is 38.9 Å². The summed E-state index contributed by atoms with van der Waals surface area (Å²) in [5, 5.41) is 19.1. The Bertz CT molecular complexity index is 1000. The number of carbonyl (C=O) groups is 2. The van der Waals surface area contributed by atoms with Crippen molar-refractivity contribution in [1.29, 1.82) is 0 Å². The number of aromatic nitrogens is 1. The molecule has 0 aliphatic heterocycles. The van der Waals surface area contributed by atoms with E-state index in [1.54, 1.807) is 6.07 Å². The van der Waals surface area contributed by atoms with E-state index in [2.05, 4.69) is 48.4 Å². The molecule has 4 rings (SSSR count). The van der Waals surface area contributed by atoms with Crippen molar-refractivity contribution in [3.05, 3.63) is 35.5 Å². The van der Waals surface area contributed by atoms with Crippen LogP contribution in [0.4, 0.5) is 22.1 Å². The van der Waals surface area contributed by atoms with Gasteiger partial charge in [-0.15, -0.1) is 0 Å². The van der Waals surface area contributed by atoms with Crippen molar-refractivity contribution in [3.8, 4) is 0 Å². The lowest BCUT2D eigenvalue weighted by molar-refractivity contribution is -0.138. The molecule has 2 aromatic rings. The first-order chi connectivity index (χ1) is 15.7. The molecular formula is C25H34N4O4. The Morgan fingerprint density at radius 1 is 1.12 bits per heavy atom. The van der Waals surface area contributed by atoms with Crippen LogP contribution in [-0.4, -0.2) is 35.4 Å². The Hall–Kier alpha value is -3.03. The van der Waals surface area contributed by atoms with E-state index in [0.717, 1.165) is 42.9 Å². The topological polar surface area (TPSA) is 108 Å². The Kier molecular flexibility index (Phi) is 6.63. The molecule has 1 heterocycles. The molecule has 2 aliphatic carbocycles. The number of carbonyl (C=O) groups excluding carboxylic acids is 1. The second-order valence-electron chi connectivity index (χ2n) is 10.2. The number of aliphatic carboxylic acids is 1. The predicted molar refractivity (Wildman–Crippen MR) is 128 cm³/mol. The maximum absolute atomic E-state index is 12.8. The molecule has 2 atom stereocenters. The van der Waals surface area contributed by atoms with Gasteiger partial charge in [0.2, 0.25) is 5.88 Å². The number of carboxylic acid groups (broad SMARTS) is 1. The minimum Gasteiger partial charge on any atom is -0.481 e. The van der Waals surface area contributed by atoms with Gasteiger partial charge in [0.25, 0.3) is 0 Å². The zero-order valence-corrected chi connectivity index (χ0v) is 19.8. The fourth-order valence-corrected chi connectivity index (χ4v) is 4.33. The van der Waals surface area contributed by atoms with E-state index in [9.17, 15) is 14.7 Å². The Morgan fingerprint density at radius 2 is 1.82 bits per heavy atom. The zero-order valence-electron chi connectivity index (χ0n) is 19.8. The first kappa shape index (κ1) is 23.1. The maximum atomic E-state index is 12.8. The summed E-state index contributed by atoms with van der Waals surface area (Å²) < 4.78 is 5.27. The molecule has 0 saturated heterocycles. The number of nitrogens with one attached hydrogen (secondary N) is 2. The first-order valence-electron chi connectivity index (χ1n) is 11.9. The van der Waals surface area contributed by atoms with E-state index in [0.29, 0.717) is 35.7 Å². The predicted octanol–water partition coefficient (Wildman–Crippen LogP) is 5.50. The van der Waals surface area contributed by atoms with Crippen LogP contribution in [-0.2, 0) is 4.79 Å². The van der Waals surface area contributed by atoms with Gasteiger partial charge in [-0.3, -0.25) is 10.1 Å². The number of hydrogen-bond acceptors (Lipinski definition) is 5. The van der Waals surface area contributed by atoms with Gasteiger partial charge in [0.15, 0.2) is 0 Å². The van der Waals surface area contributed by atoms with Gasteiger partial charge >= 0.3 is 12.0 Å². The number of anilines is 3. The van der Waals surface area contributed by atoms with Crippen molar-refractivity contribution in [1.82, 2.24) is 5.16 Å². The molecule has 2 fully saturated rings. The summed E-state index contributed by atoms with van der Waals surface area (Å²) in [6.07, 6.45) is 2.84. The van der Waals surface area contributed by atoms with Crippen LogP contribution in [0, 0.1) is 17.8 Å². The molecule has 33 heavy (non-hydrogen) atoms. The Balaban J connectivity index is 1.57. The minimum atomic E-state index is -0.769. The SMILES string of the molecule is CC(C)CN(CC(C)C)c1ccc([C@@H]2C[C@@H]2C(=O)O)cc1NC(=O)Nc1cc(C2CC2)no1. The summed E-state index contributed by atoms with van der Waals surface area (Å²) in [5.41, 5.74) is 3.41. The highest BCUT2D eigenvalue weighted by Gasteiger charge is 2.44. The molecule has 2 aliphatic rings. The summed E-state index contributed by atoms with van der Waals surface area (Å²) in [7, 11) is 0. The Morgan fingerprint density at radius 3 is 2.39 bits per heavy atom. The third kappa shape index (κ3) is 5.86. The van der Waals surface area contributed by atoms with Gasteiger partial charge in [-0.05, 0) is 54.7 Å². The molecule has 8 nitrogen and oxygen atoms in total. The van der Waals surface area contributed by atoms with E-state index in [4.69, 9.17) is 4.52 Å². The van der Waals surface area contributed by atoms with E-state index in [-0.39, 0.29) is 11.8 Å². The molecule has 0 radical (unpaired) electrons. The smallest absolute Gasteiger partial charge is 0.326 e. The molecule has 2 saturated carbocycles. The molecule has 2 amide bonds. The number of amides is 2. The molecule has 0 spiro atoms. The normalized spacial score (nSPS) is 19.6. The lowest BCUT2D eigenvalue weighted by Crippen LogP contribution is -2.32. The van der Waals surface area contributed by atoms with Crippen molar-refractivity contribution >= 4 is 29.3 Å². The van der Waals surface area contributed by atoms with Crippen molar-refractivity contribution < 1.29 is 19.2 Å². The van der Waals surface area contributed by atoms with E-state index < -0.39 is 12.0 Å². The minimum absolute atomic E-state index is 0.0146. The van der Waals surface area contributed by atoms with Crippen molar-refractivity contribution in [2.45, 2.75) is 58.8 Å². The van der Waals surface area contributed by atoms with E-state index in [1.165, 1.54) is 0 Å². The van der Waals surface area contributed by atoms with Crippen molar-refractivity contribution in [3.63, 3.8) is 0 Å². The van der Waals surface area contributed by atoms with E-state index >= 15 is 0 Å². The van der Waals surface area contributed by atoms with E-state index in [1.807, 2.05) is 18.2 Å². The highest BCUT2D eigenvalue weighted by atomic mass is 16.5. The lowest BCUT2D eigenvalue weighted by Gasteiger charge is -2.30. The van der Waals surface area contributed by atoms with Crippen LogP contribution in [0.1, 0.15) is 70.1 Å². The molecular weight excluding hydrogens is 420 g/mol. The first-order valence-corrected chi connectivity index (χ1v) is 11.9. The number of hydrogen-bond donors (Lipinski definition) is 3. The Labute approximate surface area is 194 Å². The summed E-state index contributed by atoms with van der Waals surface area (Å²) in [6.45, 7) is 10.4. The van der Waals surface area contributed by atoms with Gasteiger partial charge in [0.1, 0.15) is 0 Å². The molecule has 0 bridgehead atoms. The lowest BCUT2D eigenvalue weighted by atomic mass is 10.0. The zero-order chi connectivity index (χ0) is 23.7. The third-order valence-electron chi connectivity index (χ3n) is 6.08. The summed E-state index contributed by atoms with van der Waals surface area (Å²) in [4.78, 5) is 26.5. The van der Waals surface area contributed by atoms with Crippen molar-refractivity contribution in [2.24, 2.45) is 17.8 Å². The summed E-state index contributed by atoms with van der Waals surface area (Å²) in [5.74, 6) is 0.516. The van der Waals surface area contributed by atoms with Gasteiger partial charge in [0.05, 0.1) is 23.0 Å². The number of benzene rings is 1. The van der Waals surface area contributed by atoms with Crippen LogP contribution in [0.5, 0.6) is 0 Å². The van der Waals surface area contributed by atoms with Crippen LogP contribution >= 0.6 is 0 Å². The number of nitrogens with zero attached hydrogens (tertiary/aromatic N) is 2. The van der Waals surface area contributed by atoms with Crippen molar-refractivity contribution in [2.75, 3.05) is 28.6 Å². The number of rotatable bonds is 10. The van der Waals surface area contributed by atoms with Gasteiger partial charge in [-0.25, -0.2) is 4.79 Å². The average Bonchev–Trinajstić information content (AvgIpc) is 3.64. The highest BCUT2D eigenvalue weighted by molar-refractivity contribution is 6.01. The van der Waals surface area contributed by atoms with Crippen LogP contribution < -0.4 is 15.5 Å². The summed E-state index contributed by atoms with van der Waals surface area (Å²) >= 11 is 0. The maximum Gasteiger partial charge on any atom is 0.326 e. The molecule has 8 heteroatoms. The second-order valence-corrected chi connectivity index (χ2v) is 10.2. The van der Waals surface area contributed by atoms with Crippen LogP contribution in [0.25, 0.3) is 0 Å². The van der Waals surface area contributed by atoms with Gasteiger partial charge < -0.3 is 19.8 Å². The molecule has 1 aromatic carbocycles. The largest absolute Gasteiger partial charge is 0.481 e. The monoisotopic (exact) mass is 454 g/mol. The molecule has 178 valence electrons. The summed E-state index contributed by atoms with van der Waals surface area (Å²) in [6, 6.07) is 7.29. The van der Waals surface area contributed by atoms with Crippen LogP contribution in [0.2, 0.25) is 0 Å². The average molecular weight is 455 g/mol. The standard InChI is InChI=1S/C25H34N4O4/c1-14(2)12-29(13-15(3)4)22-8-7-17(18-10-19(18)24(30)31)9-21(22)26-25(32)27-23-11-20(28-33-23)16-5-6-16/h7-9,11,14-16,18-19H,5-6,10,12-13H2,1-4H3,(H,30,31)(H2,26,27,32)/t18-,19-/m0/s1. The highest BCUT2D eigenvalue weighted by Crippen LogP contribution is 2.49. The third-order valence-corrected chi connectivity index (χ3v) is 6.08. The number of carboxylic acids is 1. The molecule has 1 aromatic heterocycles. The fourth-order valence-electron chi connectivity index (χ4n) is 4.33. The molecule has 3 N–H and O–H groups in total. The van der Waals surface area contributed by atoms with Crippen LogP contribution in [0.3, 0.4) is 0 Å².